The fraction of sp³-hybridized carbons (Fsp3) is 0.409. The monoisotopic (exact) mass is 390 g/mol. The van der Waals surface area contributed by atoms with Crippen LogP contribution in [-0.2, 0) is 24.3 Å². The third-order valence-corrected chi connectivity index (χ3v) is 6.09. The fourth-order valence-corrected chi connectivity index (χ4v) is 4.59. The minimum atomic E-state index is 0.124. The highest BCUT2D eigenvalue weighted by Gasteiger charge is 2.29. The second-order valence-electron chi connectivity index (χ2n) is 7.94. The maximum Gasteiger partial charge on any atom is 0.242 e. The molecule has 1 N–H and O–H groups in total. The molecule has 2 aliphatic heterocycles. The van der Waals surface area contributed by atoms with Gasteiger partial charge in [-0.05, 0) is 49.2 Å². The Morgan fingerprint density at radius 2 is 2.14 bits per heavy atom. The summed E-state index contributed by atoms with van der Waals surface area (Å²) in [6.07, 6.45) is 4.53. The van der Waals surface area contributed by atoms with E-state index in [0.717, 1.165) is 50.3 Å². The Labute approximate surface area is 170 Å². The van der Waals surface area contributed by atoms with Crippen LogP contribution in [-0.4, -0.2) is 57.6 Å². The largest absolute Gasteiger partial charge is 0.367 e. The molecule has 1 amide bonds. The van der Waals surface area contributed by atoms with Gasteiger partial charge in [-0.15, -0.1) is 0 Å². The highest BCUT2D eigenvalue weighted by atomic mass is 16.2. The minimum Gasteiger partial charge on any atom is -0.367 e. The molecule has 0 bridgehead atoms. The number of rotatable bonds is 3. The first-order valence-electron chi connectivity index (χ1n) is 10.3. The van der Waals surface area contributed by atoms with Crippen LogP contribution in [0.2, 0.25) is 0 Å². The fourth-order valence-electron chi connectivity index (χ4n) is 4.59. The van der Waals surface area contributed by atoms with Gasteiger partial charge in [0.1, 0.15) is 12.1 Å². The van der Waals surface area contributed by atoms with Gasteiger partial charge in [0.2, 0.25) is 5.91 Å². The summed E-state index contributed by atoms with van der Waals surface area (Å²) in [5, 5.41) is 3.49. The Kier molecular flexibility index (Phi) is 4.67. The molecule has 1 aromatic carbocycles. The average molecular weight is 390 g/mol. The van der Waals surface area contributed by atoms with E-state index in [1.165, 1.54) is 16.8 Å². The van der Waals surface area contributed by atoms with E-state index in [-0.39, 0.29) is 18.5 Å². The van der Waals surface area contributed by atoms with E-state index in [1.807, 2.05) is 21.6 Å². The lowest BCUT2D eigenvalue weighted by Gasteiger charge is -2.42. The van der Waals surface area contributed by atoms with Crippen molar-refractivity contribution >= 4 is 22.8 Å². The molecule has 0 unspecified atom stereocenters. The molecular formula is C22H26N6O. The quantitative estimate of drug-likeness (QED) is 0.739. The van der Waals surface area contributed by atoms with Gasteiger partial charge in [-0.2, -0.15) is 0 Å². The molecule has 7 nitrogen and oxygen atoms in total. The zero-order valence-electron chi connectivity index (χ0n) is 16.7. The standard InChI is InChI=1S/C22H26N6O/c1-16-13-26(20-6-2-4-17-7-9-23-12-18(17)20)10-11-28(16)21(29)14-27-15-25-19-5-3-8-24-22(19)27/h2-6,8,15-16,23H,7,9-14H2,1H3/t16-/m1/s1. The Hall–Kier alpha value is -2.93. The van der Waals surface area contributed by atoms with Crippen LogP contribution in [0.25, 0.3) is 11.2 Å². The van der Waals surface area contributed by atoms with Crippen LogP contribution >= 0.6 is 0 Å². The number of piperazine rings is 1. The van der Waals surface area contributed by atoms with Crippen LogP contribution in [0, 0.1) is 0 Å². The van der Waals surface area contributed by atoms with Gasteiger partial charge >= 0.3 is 0 Å². The highest BCUT2D eigenvalue weighted by Crippen LogP contribution is 2.28. The third kappa shape index (κ3) is 3.35. The van der Waals surface area contributed by atoms with Crippen molar-refractivity contribution in [2.24, 2.45) is 0 Å². The summed E-state index contributed by atoms with van der Waals surface area (Å²) in [6.45, 7) is 6.84. The van der Waals surface area contributed by atoms with Crippen molar-refractivity contribution in [1.29, 1.82) is 0 Å². The Morgan fingerprint density at radius 1 is 1.21 bits per heavy atom. The molecule has 2 aromatic heterocycles. The topological polar surface area (TPSA) is 66.3 Å². The molecule has 1 saturated heterocycles. The van der Waals surface area contributed by atoms with Crippen LogP contribution in [0.5, 0.6) is 0 Å². The first-order chi connectivity index (χ1) is 14.2. The van der Waals surface area contributed by atoms with Crippen LogP contribution in [0.3, 0.4) is 0 Å². The maximum atomic E-state index is 13.0. The second kappa shape index (κ2) is 7.48. The lowest BCUT2D eigenvalue weighted by atomic mass is 9.98. The average Bonchev–Trinajstić information content (AvgIpc) is 3.16. The molecule has 150 valence electrons. The highest BCUT2D eigenvalue weighted by molar-refractivity contribution is 5.79. The van der Waals surface area contributed by atoms with Gasteiger partial charge in [0.15, 0.2) is 5.65 Å². The summed E-state index contributed by atoms with van der Waals surface area (Å²) in [4.78, 5) is 26.2. The van der Waals surface area contributed by atoms with Crippen LogP contribution in [0.4, 0.5) is 5.69 Å². The predicted molar refractivity (Wildman–Crippen MR) is 113 cm³/mol. The van der Waals surface area contributed by atoms with E-state index < -0.39 is 0 Å². The Bertz CT molecular complexity index is 1040. The number of pyridine rings is 1. The number of carbonyl (C=O) groups is 1. The van der Waals surface area contributed by atoms with Crippen LogP contribution in [0.15, 0.2) is 42.9 Å². The summed E-state index contributed by atoms with van der Waals surface area (Å²) in [5.74, 6) is 0.124. The summed E-state index contributed by atoms with van der Waals surface area (Å²) in [7, 11) is 0. The van der Waals surface area contributed by atoms with Gasteiger partial charge in [0.25, 0.3) is 0 Å². The summed E-state index contributed by atoms with van der Waals surface area (Å²) < 4.78 is 1.84. The molecule has 1 atom stereocenters. The van der Waals surface area contributed by atoms with Gasteiger partial charge in [-0.1, -0.05) is 12.1 Å². The van der Waals surface area contributed by atoms with Crippen molar-refractivity contribution in [1.82, 2.24) is 24.8 Å². The second-order valence-corrected chi connectivity index (χ2v) is 7.94. The minimum absolute atomic E-state index is 0.124. The SMILES string of the molecule is C[C@@H]1CN(c2cccc3c2CNCC3)CCN1C(=O)Cn1cnc2cccnc21. The Morgan fingerprint density at radius 3 is 3.03 bits per heavy atom. The first kappa shape index (κ1) is 18.1. The van der Waals surface area contributed by atoms with Crippen molar-refractivity contribution in [2.75, 3.05) is 31.1 Å². The first-order valence-corrected chi connectivity index (χ1v) is 10.3. The van der Waals surface area contributed by atoms with Crippen LogP contribution in [0.1, 0.15) is 18.1 Å². The zero-order chi connectivity index (χ0) is 19.8. The summed E-state index contributed by atoms with van der Waals surface area (Å²) >= 11 is 0. The van der Waals surface area contributed by atoms with E-state index in [1.54, 1.807) is 12.5 Å². The number of aromatic nitrogens is 3. The normalized spacial score (nSPS) is 19.4. The zero-order valence-corrected chi connectivity index (χ0v) is 16.7. The summed E-state index contributed by atoms with van der Waals surface area (Å²) in [6, 6.07) is 10.6. The number of fused-ring (bicyclic) bond motifs is 2. The lowest BCUT2D eigenvalue weighted by Crippen LogP contribution is -2.55. The van der Waals surface area contributed by atoms with Gasteiger partial charge in [-0.3, -0.25) is 4.79 Å². The van der Waals surface area contributed by atoms with Crippen molar-refractivity contribution < 1.29 is 4.79 Å². The maximum absolute atomic E-state index is 13.0. The molecule has 0 radical (unpaired) electrons. The molecule has 5 rings (SSSR count). The van der Waals surface area contributed by atoms with Crippen LogP contribution < -0.4 is 10.2 Å². The van der Waals surface area contributed by atoms with Gasteiger partial charge < -0.3 is 19.7 Å². The Balaban J connectivity index is 1.30. The molecule has 4 heterocycles. The van der Waals surface area contributed by atoms with Gasteiger partial charge in [0.05, 0.1) is 6.33 Å². The molecular weight excluding hydrogens is 364 g/mol. The summed E-state index contributed by atoms with van der Waals surface area (Å²) in [5.41, 5.74) is 5.77. The molecule has 2 aliphatic rings. The smallest absolute Gasteiger partial charge is 0.242 e. The van der Waals surface area contributed by atoms with Crippen molar-refractivity contribution in [3.8, 4) is 0 Å². The van der Waals surface area contributed by atoms with Crippen molar-refractivity contribution in [3.05, 3.63) is 54.0 Å². The molecule has 29 heavy (non-hydrogen) atoms. The van der Waals surface area contributed by atoms with E-state index >= 15 is 0 Å². The molecule has 7 heteroatoms. The third-order valence-electron chi connectivity index (χ3n) is 6.09. The molecule has 0 spiro atoms. The van der Waals surface area contributed by atoms with Gasteiger partial charge in [-0.25, -0.2) is 9.97 Å². The molecule has 3 aromatic rings. The lowest BCUT2D eigenvalue weighted by molar-refractivity contribution is -0.134. The number of hydrogen-bond donors (Lipinski definition) is 1. The number of anilines is 1. The predicted octanol–water partition coefficient (Wildman–Crippen LogP) is 1.81. The van der Waals surface area contributed by atoms with E-state index in [2.05, 4.69) is 45.3 Å². The number of benzene rings is 1. The molecule has 0 saturated carbocycles. The molecule has 0 aliphatic carbocycles. The van der Waals surface area contributed by atoms with Crippen molar-refractivity contribution in [3.63, 3.8) is 0 Å². The number of nitrogens with zero attached hydrogens (tertiary/aromatic N) is 5. The number of imidazole rings is 1. The number of amides is 1. The molecule has 1 fully saturated rings. The number of nitrogens with one attached hydrogen (secondary N) is 1. The van der Waals surface area contributed by atoms with Crippen molar-refractivity contribution in [2.45, 2.75) is 32.5 Å². The van der Waals surface area contributed by atoms with Gasteiger partial charge in [0, 0.05) is 44.1 Å². The van der Waals surface area contributed by atoms with E-state index in [4.69, 9.17) is 0 Å². The van der Waals surface area contributed by atoms with E-state index in [0.29, 0.717) is 0 Å². The van der Waals surface area contributed by atoms with E-state index in [9.17, 15) is 4.79 Å². The number of hydrogen-bond acceptors (Lipinski definition) is 5. The number of carbonyl (C=O) groups excluding carboxylic acids is 1.